The molecule has 0 atom stereocenters. The Morgan fingerprint density at radius 1 is 0.386 bits per heavy atom. The molecule has 268 valence electrons. The van der Waals surface area contributed by atoms with Gasteiger partial charge in [-0.25, -0.2) is 9.97 Å². The van der Waals surface area contributed by atoms with Gasteiger partial charge in [-0.1, -0.05) is 170 Å². The van der Waals surface area contributed by atoms with Gasteiger partial charge in [0.15, 0.2) is 5.82 Å². The molecule has 0 N–H and O–H groups in total. The van der Waals surface area contributed by atoms with Crippen molar-refractivity contribution >= 4 is 0 Å². The molecule has 7 aromatic carbocycles. The van der Waals surface area contributed by atoms with Crippen molar-refractivity contribution in [3.63, 3.8) is 0 Å². The van der Waals surface area contributed by atoms with Crippen LogP contribution >= 0.6 is 0 Å². The summed E-state index contributed by atoms with van der Waals surface area (Å²) in [6, 6.07) is 65.8. The Labute approximate surface area is 333 Å². The van der Waals surface area contributed by atoms with Gasteiger partial charge in [-0.2, -0.15) is 0 Å². The molecule has 0 aliphatic heterocycles. The van der Waals surface area contributed by atoms with Gasteiger partial charge in [0.1, 0.15) is 0 Å². The molecule has 0 fully saturated rings. The lowest BCUT2D eigenvalue weighted by molar-refractivity contribution is 0.794. The number of rotatable bonds is 5. The first-order valence-corrected chi connectivity index (χ1v) is 19.6. The Morgan fingerprint density at radius 3 is 1.54 bits per heavy atom. The molecule has 0 saturated heterocycles. The van der Waals surface area contributed by atoms with E-state index in [2.05, 4.69) is 184 Å². The van der Waals surface area contributed by atoms with Gasteiger partial charge >= 0.3 is 0 Å². The summed E-state index contributed by atoms with van der Waals surface area (Å²) in [4.78, 5) is 15.5. The van der Waals surface area contributed by atoms with Gasteiger partial charge in [0.05, 0.1) is 22.5 Å². The molecule has 2 aliphatic carbocycles. The van der Waals surface area contributed by atoms with Crippen LogP contribution in [0.15, 0.2) is 188 Å². The summed E-state index contributed by atoms with van der Waals surface area (Å²) < 4.78 is 0. The van der Waals surface area contributed by atoms with E-state index in [-0.39, 0.29) is 0 Å². The zero-order chi connectivity index (χ0) is 38.1. The molecule has 2 heterocycles. The first-order chi connectivity index (χ1) is 28.1. The zero-order valence-corrected chi connectivity index (χ0v) is 31.7. The third kappa shape index (κ3) is 5.09. The molecule has 3 nitrogen and oxygen atoms in total. The third-order valence-corrected chi connectivity index (χ3v) is 11.9. The molecule has 1 spiro atoms. The summed E-state index contributed by atoms with van der Waals surface area (Å²) in [6.45, 7) is 4.22. The Balaban J connectivity index is 1.17. The van der Waals surface area contributed by atoms with Crippen LogP contribution in [0.3, 0.4) is 0 Å². The van der Waals surface area contributed by atoms with Crippen LogP contribution in [-0.2, 0) is 5.41 Å². The van der Waals surface area contributed by atoms with E-state index in [0.717, 1.165) is 50.5 Å². The van der Waals surface area contributed by atoms with Crippen molar-refractivity contribution in [2.45, 2.75) is 19.3 Å². The molecule has 3 heteroatoms. The minimum atomic E-state index is -0.496. The third-order valence-electron chi connectivity index (χ3n) is 11.9. The van der Waals surface area contributed by atoms with Crippen molar-refractivity contribution in [2.75, 3.05) is 0 Å². The molecular formula is C54H37N3. The normalized spacial score (nSPS) is 12.9. The second-order valence-electron chi connectivity index (χ2n) is 15.3. The van der Waals surface area contributed by atoms with E-state index in [1.165, 1.54) is 55.6 Å². The van der Waals surface area contributed by atoms with Crippen molar-refractivity contribution in [2.24, 2.45) is 0 Å². The van der Waals surface area contributed by atoms with Crippen molar-refractivity contribution < 1.29 is 0 Å². The average molecular weight is 728 g/mol. The number of hydrogen-bond donors (Lipinski definition) is 0. The van der Waals surface area contributed by atoms with Gasteiger partial charge in [-0.15, -0.1) is 0 Å². The highest BCUT2D eigenvalue weighted by Crippen LogP contribution is 2.64. The highest BCUT2D eigenvalue weighted by atomic mass is 14.9. The van der Waals surface area contributed by atoms with E-state index in [1.54, 1.807) is 0 Å². The van der Waals surface area contributed by atoms with E-state index in [1.807, 2.05) is 18.3 Å². The highest BCUT2D eigenvalue weighted by molar-refractivity contribution is 6.00. The predicted molar refractivity (Wildman–Crippen MR) is 233 cm³/mol. The first kappa shape index (κ1) is 33.1. The Kier molecular flexibility index (Phi) is 7.52. The summed E-state index contributed by atoms with van der Waals surface area (Å²) >= 11 is 0. The maximum absolute atomic E-state index is 5.37. The highest BCUT2D eigenvalue weighted by Gasteiger charge is 2.52. The topological polar surface area (TPSA) is 38.7 Å². The number of nitrogens with zero attached hydrogens (tertiary/aromatic N) is 3. The molecule has 2 aliphatic rings. The lowest BCUT2D eigenvalue weighted by atomic mass is 9.70. The van der Waals surface area contributed by atoms with Crippen molar-refractivity contribution in [3.05, 3.63) is 222 Å². The van der Waals surface area contributed by atoms with Gasteiger partial charge in [0.25, 0.3) is 0 Å². The summed E-state index contributed by atoms with van der Waals surface area (Å²) in [5.41, 5.74) is 21.4. The summed E-state index contributed by atoms with van der Waals surface area (Å²) in [5.74, 6) is 0.713. The molecule has 0 bridgehead atoms. The SMILES string of the molecule is Cc1cnc(-c2ccc(-c3ccc4c(c3)-c3c(-c5nc(-c6ccccc6)cc(-c6ccccc6)n5)cccc3C43c4ccccc4-c4ccccc43)cc2)c(C)c1. The summed E-state index contributed by atoms with van der Waals surface area (Å²) in [6.07, 6.45) is 1.95. The van der Waals surface area contributed by atoms with Gasteiger partial charge in [-0.05, 0) is 92.7 Å². The number of aromatic nitrogens is 3. The number of benzene rings is 7. The summed E-state index contributed by atoms with van der Waals surface area (Å²) in [5, 5.41) is 0. The second-order valence-corrected chi connectivity index (χ2v) is 15.3. The van der Waals surface area contributed by atoms with Crippen LogP contribution in [0.1, 0.15) is 33.4 Å². The van der Waals surface area contributed by atoms with Crippen molar-refractivity contribution in [3.8, 4) is 78.5 Å². The molecule has 2 aromatic heterocycles. The van der Waals surface area contributed by atoms with E-state index >= 15 is 0 Å². The van der Waals surface area contributed by atoms with Gasteiger partial charge in [-0.3, -0.25) is 4.98 Å². The first-order valence-electron chi connectivity index (χ1n) is 19.6. The summed E-state index contributed by atoms with van der Waals surface area (Å²) in [7, 11) is 0. The molecule has 0 saturated carbocycles. The van der Waals surface area contributed by atoms with E-state index in [0.29, 0.717) is 5.82 Å². The maximum Gasteiger partial charge on any atom is 0.161 e. The van der Waals surface area contributed by atoms with Crippen LogP contribution < -0.4 is 0 Å². The van der Waals surface area contributed by atoms with Gasteiger partial charge in [0, 0.05) is 28.5 Å². The fourth-order valence-corrected chi connectivity index (χ4v) is 9.48. The Hall–Kier alpha value is -7.23. The minimum absolute atomic E-state index is 0.496. The van der Waals surface area contributed by atoms with E-state index < -0.39 is 5.41 Å². The molecule has 0 amide bonds. The molecule has 0 radical (unpaired) electrons. The van der Waals surface area contributed by atoms with Crippen LogP contribution in [0.25, 0.3) is 78.5 Å². The average Bonchev–Trinajstić information content (AvgIpc) is 3.74. The second kappa shape index (κ2) is 12.9. The Morgan fingerprint density at radius 2 is 0.912 bits per heavy atom. The number of fused-ring (bicyclic) bond motifs is 10. The zero-order valence-electron chi connectivity index (χ0n) is 31.7. The Bertz CT molecular complexity index is 2920. The lowest BCUT2D eigenvalue weighted by Crippen LogP contribution is -2.25. The quantitative estimate of drug-likeness (QED) is 0.177. The van der Waals surface area contributed by atoms with Crippen LogP contribution in [-0.4, -0.2) is 15.0 Å². The van der Waals surface area contributed by atoms with Crippen molar-refractivity contribution in [1.82, 2.24) is 15.0 Å². The van der Waals surface area contributed by atoms with Crippen molar-refractivity contribution in [1.29, 1.82) is 0 Å². The number of aryl methyl sites for hydroxylation is 2. The maximum atomic E-state index is 5.37. The van der Waals surface area contributed by atoms with Crippen LogP contribution in [0, 0.1) is 13.8 Å². The smallest absolute Gasteiger partial charge is 0.161 e. The van der Waals surface area contributed by atoms with Crippen LogP contribution in [0.2, 0.25) is 0 Å². The predicted octanol–water partition coefficient (Wildman–Crippen LogP) is 13.2. The fourth-order valence-electron chi connectivity index (χ4n) is 9.48. The van der Waals surface area contributed by atoms with E-state index in [9.17, 15) is 0 Å². The lowest BCUT2D eigenvalue weighted by Gasteiger charge is -2.30. The van der Waals surface area contributed by atoms with Gasteiger partial charge < -0.3 is 0 Å². The monoisotopic (exact) mass is 727 g/mol. The van der Waals surface area contributed by atoms with Gasteiger partial charge in [0.2, 0.25) is 0 Å². The van der Waals surface area contributed by atoms with Crippen LogP contribution in [0.4, 0.5) is 0 Å². The molecule has 9 aromatic rings. The molecule has 0 unspecified atom stereocenters. The number of pyridine rings is 1. The fraction of sp³-hybridized carbons (Fsp3) is 0.0556. The van der Waals surface area contributed by atoms with Crippen LogP contribution in [0.5, 0.6) is 0 Å². The van der Waals surface area contributed by atoms with E-state index in [4.69, 9.17) is 15.0 Å². The molecule has 57 heavy (non-hydrogen) atoms. The number of hydrogen-bond acceptors (Lipinski definition) is 3. The largest absolute Gasteiger partial charge is 0.256 e. The standard InChI is InChI=1S/C54H37N3/c1-34-30-35(2)52(55-33-34)39-26-24-36(25-27-39)40-28-29-47-44(31-40)51-43(53-56-49(37-14-5-3-6-15-37)32-50(57-53)38-16-7-4-8-17-38)20-13-23-48(51)54(47)45-21-11-9-18-41(45)42-19-10-12-22-46(42)54/h3-33H,1-2H3. The molecule has 11 rings (SSSR count). The molecular weight excluding hydrogens is 691 g/mol. The minimum Gasteiger partial charge on any atom is -0.256 e.